The van der Waals surface area contributed by atoms with E-state index < -0.39 is 6.04 Å². The van der Waals surface area contributed by atoms with Crippen molar-refractivity contribution in [3.63, 3.8) is 0 Å². The number of para-hydroxylation sites is 1. The van der Waals surface area contributed by atoms with E-state index in [1.807, 2.05) is 38.1 Å². The third kappa shape index (κ3) is 4.67. The number of benzene rings is 2. The molecule has 1 atom stereocenters. The first-order valence-corrected chi connectivity index (χ1v) is 9.86. The average molecular weight is 398 g/mol. The smallest absolute Gasteiger partial charge is 0.251 e. The lowest BCUT2D eigenvalue weighted by Gasteiger charge is -2.21. The van der Waals surface area contributed by atoms with E-state index in [2.05, 4.69) is 15.6 Å². The summed E-state index contributed by atoms with van der Waals surface area (Å²) in [4.78, 5) is 29.7. The Hall–Kier alpha value is -2.93. The fourth-order valence-corrected chi connectivity index (χ4v) is 3.68. The van der Waals surface area contributed by atoms with Crippen molar-refractivity contribution < 1.29 is 14.3 Å². The number of carbonyl (C=O) groups excluding carboxylic acids is 2. The summed E-state index contributed by atoms with van der Waals surface area (Å²) in [6, 6.07) is 14.0. The molecular weight excluding hydrogens is 374 g/mol. The van der Waals surface area contributed by atoms with Crippen molar-refractivity contribution in [1.29, 1.82) is 0 Å². The minimum Gasteiger partial charge on any atom is -0.497 e. The number of carbonyl (C=O) groups is 2. The molecule has 0 bridgehead atoms. The van der Waals surface area contributed by atoms with Crippen LogP contribution in [0.15, 0.2) is 48.5 Å². The van der Waals surface area contributed by atoms with Gasteiger partial charge in [0.05, 0.1) is 23.9 Å². The van der Waals surface area contributed by atoms with E-state index in [-0.39, 0.29) is 17.7 Å². The molecule has 2 N–H and O–H groups in total. The van der Waals surface area contributed by atoms with Gasteiger partial charge in [0.1, 0.15) is 16.8 Å². The predicted molar refractivity (Wildman–Crippen MR) is 111 cm³/mol. The standard InChI is InChI=1S/C21H23N3O3S/c1-13(2)19(24-20(25)14-8-10-15(27-3)11-9-14)21(26)22-12-18-23-16-6-4-5-7-17(16)28-18/h4-11,13,19H,12H2,1-3H3,(H,22,26)(H,24,25)/t19-/m1/s1. The van der Waals surface area contributed by atoms with Crippen LogP contribution in [0.4, 0.5) is 0 Å². The lowest BCUT2D eigenvalue weighted by molar-refractivity contribution is -0.124. The zero-order chi connectivity index (χ0) is 20.1. The molecule has 28 heavy (non-hydrogen) atoms. The zero-order valence-electron chi connectivity index (χ0n) is 16.1. The molecule has 7 heteroatoms. The van der Waals surface area contributed by atoms with Gasteiger partial charge in [-0.15, -0.1) is 11.3 Å². The van der Waals surface area contributed by atoms with Crippen LogP contribution in [0.5, 0.6) is 5.75 Å². The molecule has 0 saturated heterocycles. The molecule has 0 saturated carbocycles. The predicted octanol–water partition coefficient (Wildman–Crippen LogP) is 3.38. The number of nitrogens with one attached hydrogen (secondary N) is 2. The Morgan fingerprint density at radius 2 is 1.82 bits per heavy atom. The Labute approximate surface area is 167 Å². The molecule has 1 heterocycles. The maximum absolute atomic E-state index is 12.7. The molecule has 0 aliphatic heterocycles. The molecule has 0 aliphatic rings. The van der Waals surface area contributed by atoms with Gasteiger partial charge >= 0.3 is 0 Å². The van der Waals surface area contributed by atoms with Gasteiger partial charge in [0, 0.05) is 5.56 Å². The number of nitrogens with zero attached hydrogens (tertiary/aromatic N) is 1. The van der Waals surface area contributed by atoms with Crippen LogP contribution in [0.25, 0.3) is 10.2 Å². The van der Waals surface area contributed by atoms with E-state index in [0.29, 0.717) is 17.9 Å². The third-order valence-electron chi connectivity index (χ3n) is 4.34. The van der Waals surface area contributed by atoms with Gasteiger partial charge in [0.2, 0.25) is 5.91 Å². The number of thiazole rings is 1. The summed E-state index contributed by atoms with van der Waals surface area (Å²) in [6.07, 6.45) is 0. The number of hydrogen-bond acceptors (Lipinski definition) is 5. The molecule has 0 spiro atoms. The van der Waals surface area contributed by atoms with Crippen molar-refractivity contribution in [1.82, 2.24) is 15.6 Å². The van der Waals surface area contributed by atoms with Gasteiger partial charge in [0.25, 0.3) is 5.91 Å². The van der Waals surface area contributed by atoms with Crippen LogP contribution in [0, 0.1) is 5.92 Å². The fraction of sp³-hybridized carbons (Fsp3) is 0.286. The number of ether oxygens (including phenoxy) is 1. The molecule has 146 valence electrons. The Morgan fingerprint density at radius 1 is 1.11 bits per heavy atom. The van der Waals surface area contributed by atoms with Crippen LogP contribution in [0.2, 0.25) is 0 Å². The van der Waals surface area contributed by atoms with Crippen molar-refractivity contribution in [3.8, 4) is 5.75 Å². The zero-order valence-corrected chi connectivity index (χ0v) is 16.9. The first kappa shape index (κ1) is 19.8. The summed E-state index contributed by atoms with van der Waals surface area (Å²) in [5.41, 5.74) is 1.40. The van der Waals surface area contributed by atoms with E-state index in [0.717, 1.165) is 15.2 Å². The summed E-state index contributed by atoms with van der Waals surface area (Å²) in [5, 5.41) is 6.55. The minimum absolute atomic E-state index is 0.0578. The molecule has 2 amide bonds. The van der Waals surface area contributed by atoms with Gasteiger partial charge in [-0.1, -0.05) is 26.0 Å². The Kier molecular flexibility index (Phi) is 6.26. The van der Waals surface area contributed by atoms with Gasteiger partial charge in [-0.05, 0) is 42.3 Å². The van der Waals surface area contributed by atoms with E-state index in [1.165, 1.54) is 0 Å². The number of hydrogen-bond donors (Lipinski definition) is 2. The Morgan fingerprint density at radius 3 is 2.46 bits per heavy atom. The van der Waals surface area contributed by atoms with E-state index in [1.54, 1.807) is 42.7 Å². The maximum Gasteiger partial charge on any atom is 0.251 e. The lowest BCUT2D eigenvalue weighted by atomic mass is 10.0. The molecule has 0 unspecified atom stereocenters. The molecule has 2 aromatic carbocycles. The molecule has 1 aromatic heterocycles. The van der Waals surface area contributed by atoms with Crippen LogP contribution in [0.1, 0.15) is 29.2 Å². The van der Waals surface area contributed by atoms with Crippen molar-refractivity contribution in [2.45, 2.75) is 26.4 Å². The summed E-state index contributed by atoms with van der Waals surface area (Å²) >= 11 is 1.55. The quantitative estimate of drug-likeness (QED) is 0.641. The Balaban J connectivity index is 1.63. The highest BCUT2D eigenvalue weighted by atomic mass is 32.1. The van der Waals surface area contributed by atoms with Crippen LogP contribution in [0.3, 0.4) is 0 Å². The fourth-order valence-electron chi connectivity index (χ4n) is 2.77. The van der Waals surface area contributed by atoms with Gasteiger partial charge in [0.15, 0.2) is 0 Å². The van der Waals surface area contributed by atoms with Gasteiger partial charge < -0.3 is 15.4 Å². The van der Waals surface area contributed by atoms with E-state index in [9.17, 15) is 9.59 Å². The average Bonchev–Trinajstić information content (AvgIpc) is 3.13. The van der Waals surface area contributed by atoms with Crippen LogP contribution in [-0.4, -0.2) is 29.9 Å². The normalized spacial score (nSPS) is 12.0. The summed E-state index contributed by atoms with van der Waals surface area (Å²) in [6.45, 7) is 4.13. The van der Waals surface area contributed by atoms with Gasteiger partial charge in [-0.2, -0.15) is 0 Å². The van der Waals surface area contributed by atoms with Crippen LogP contribution >= 0.6 is 11.3 Å². The number of fused-ring (bicyclic) bond motifs is 1. The van der Waals surface area contributed by atoms with E-state index in [4.69, 9.17) is 4.74 Å². The highest BCUT2D eigenvalue weighted by molar-refractivity contribution is 7.18. The van der Waals surface area contributed by atoms with Crippen molar-refractivity contribution in [2.24, 2.45) is 5.92 Å². The van der Waals surface area contributed by atoms with Gasteiger partial charge in [-0.3, -0.25) is 9.59 Å². The number of aromatic nitrogens is 1. The molecule has 3 rings (SSSR count). The summed E-state index contributed by atoms with van der Waals surface area (Å²) < 4.78 is 6.18. The first-order valence-electron chi connectivity index (χ1n) is 9.05. The first-order chi connectivity index (χ1) is 13.5. The number of amides is 2. The van der Waals surface area contributed by atoms with Crippen LogP contribution in [-0.2, 0) is 11.3 Å². The van der Waals surface area contributed by atoms with E-state index >= 15 is 0 Å². The molecule has 0 fully saturated rings. The second kappa shape index (κ2) is 8.84. The number of rotatable bonds is 7. The molecule has 3 aromatic rings. The molecule has 0 aliphatic carbocycles. The molecule has 6 nitrogen and oxygen atoms in total. The number of methoxy groups -OCH3 is 1. The third-order valence-corrected chi connectivity index (χ3v) is 5.38. The summed E-state index contributed by atoms with van der Waals surface area (Å²) in [5.74, 6) is 0.0933. The summed E-state index contributed by atoms with van der Waals surface area (Å²) in [7, 11) is 1.57. The van der Waals surface area contributed by atoms with Crippen molar-refractivity contribution in [2.75, 3.05) is 7.11 Å². The van der Waals surface area contributed by atoms with Crippen molar-refractivity contribution in [3.05, 3.63) is 59.1 Å². The SMILES string of the molecule is COc1ccc(C(=O)N[C@@H](C(=O)NCc2nc3ccccc3s2)C(C)C)cc1. The highest BCUT2D eigenvalue weighted by Gasteiger charge is 2.24. The lowest BCUT2D eigenvalue weighted by Crippen LogP contribution is -2.49. The van der Waals surface area contributed by atoms with Crippen LogP contribution < -0.4 is 15.4 Å². The highest BCUT2D eigenvalue weighted by Crippen LogP contribution is 2.21. The van der Waals surface area contributed by atoms with Crippen molar-refractivity contribution >= 4 is 33.4 Å². The monoisotopic (exact) mass is 397 g/mol. The second-order valence-corrected chi connectivity index (χ2v) is 7.83. The van der Waals surface area contributed by atoms with Gasteiger partial charge in [-0.25, -0.2) is 4.98 Å². The molecule has 0 radical (unpaired) electrons. The maximum atomic E-state index is 12.7. The second-order valence-electron chi connectivity index (χ2n) is 6.72. The largest absolute Gasteiger partial charge is 0.497 e. The molecular formula is C21H23N3O3S. The minimum atomic E-state index is -0.635. The topological polar surface area (TPSA) is 80.3 Å². The Bertz CT molecular complexity index is 933.